The van der Waals surface area contributed by atoms with Crippen molar-refractivity contribution in [3.05, 3.63) is 35.4 Å². The molecule has 0 aromatic heterocycles. The SMILES string of the molecule is C[C@]1(O)CC[C@H]2[C@@H]3CCc4ccccc4[C@H]3CC[C@@]21C. The molecular weight excluding hydrogens is 244 g/mol. The third kappa shape index (κ3) is 1.53. The summed E-state index contributed by atoms with van der Waals surface area (Å²) in [5, 5.41) is 10.8. The predicted octanol–water partition coefficient (Wildman–Crippen LogP) is 4.29. The van der Waals surface area contributed by atoms with Gasteiger partial charge in [0.15, 0.2) is 0 Å². The average Bonchev–Trinajstić information content (AvgIpc) is 2.69. The van der Waals surface area contributed by atoms with Crippen molar-refractivity contribution in [2.75, 3.05) is 0 Å². The number of rotatable bonds is 0. The van der Waals surface area contributed by atoms with E-state index in [1.165, 1.54) is 32.1 Å². The Morgan fingerprint density at radius 1 is 1.05 bits per heavy atom. The van der Waals surface area contributed by atoms with Crippen LogP contribution in [0.4, 0.5) is 0 Å². The second-order valence-electron chi connectivity index (χ2n) is 7.88. The molecule has 20 heavy (non-hydrogen) atoms. The summed E-state index contributed by atoms with van der Waals surface area (Å²) in [6, 6.07) is 9.08. The summed E-state index contributed by atoms with van der Waals surface area (Å²) in [4.78, 5) is 0. The Kier molecular flexibility index (Phi) is 2.64. The van der Waals surface area contributed by atoms with Gasteiger partial charge in [-0.1, -0.05) is 31.2 Å². The Morgan fingerprint density at radius 2 is 1.85 bits per heavy atom. The number of benzene rings is 1. The lowest BCUT2D eigenvalue weighted by Crippen LogP contribution is -2.49. The van der Waals surface area contributed by atoms with Gasteiger partial charge >= 0.3 is 0 Å². The zero-order valence-electron chi connectivity index (χ0n) is 12.7. The highest BCUT2D eigenvalue weighted by Crippen LogP contribution is 2.64. The van der Waals surface area contributed by atoms with Gasteiger partial charge in [-0.2, -0.15) is 0 Å². The molecular formula is C19H26O. The van der Waals surface area contributed by atoms with Crippen molar-refractivity contribution in [3.63, 3.8) is 0 Å². The molecule has 0 heterocycles. The van der Waals surface area contributed by atoms with Crippen molar-refractivity contribution >= 4 is 0 Å². The topological polar surface area (TPSA) is 20.2 Å². The lowest BCUT2D eigenvalue weighted by molar-refractivity contribution is -0.0901. The minimum atomic E-state index is -0.445. The normalized spacial score (nSPS) is 46.5. The van der Waals surface area contributed by atoms with Gasteiger partial charge < -0.3 is 5.11 Å². The maximum Gasteiger partial charge on any atom is 0.0675 e. The zero-order valence-corrected chi connectivity index (χ0v) is 12.7. The second kappa shape index (κ2) is 4.10. The minimum absolute atomic E-state index is 0.153. The van der Waals surface area contributed by atoms with Crippen molar-refractivity contribution in [1.29, 1.82) is 0 Å². The quantitative estimate of drug-likeness (QED) is 0.745. The first-order chi connectivity index (χ1) is 9.53. The first kappa shape index (κ1) is 12.9. The van der Waals surface area contributed by atoms with Crippen LogP contribution in [-0.4, -0.2) is 10.7 Å². The fourth-order valence-corrected chi connectivity index (χ4v) is 5.77. The van der Waals surface area contributed by atoms with E-state index in [1.54, 1.807) is 11.1 Å². The van der Waals surface area contributed by atoms with Crippen LogP contribution in [0.3, 0.4) is 0 Å². The molecule has 0 aliphatic heterocycles. The molecule has 0 unspecified atom stereocenters. The van der Waals surface area contributed by atoms with Gasteiger partial charge in [0.05, 0.1) is 5.60 Å². The summed E-state index contributed by atoms with van der Waals surface area (Å²) < 4.78 is 0. The molecule has 108 valence electrons. The summed E-state index contributed by atoms with van der Waals surface area (Å²) in [5.74, 6) is 2.29. The van der Waals surface area contributed by atoms with Crippen LogP contribution < -0.4 is 0 Å². The fourth-order valence-electron chi connectivity index (χ4n) is 5.77. The van der Waals surface area contributed by atoms with Crippen molar-refractivity contribution < 1.29 is 5.11 Å². The fraction of sp³-hybridized carbons (Fsp3) is 0.684. The van der Waals surface area contributed by atoms with E-state index in [0.717, 1.165) is 24.2 Å². The van der Waals surface area contributed by atoms with Crippen molar-refractivity contribution in [3.8, 4) is 0 Å². The van der Waals surface area contributed by atoms with Crippen LogP contribution in [0.15, 0.2) is 24.3 Å². The van der Waals surface area contributed by atoms with E-state index in [0.29, 0.717) is 0 Å². The van der Waals surface area contributed by atoms with Crippen LogP contribution in [0.5, 0.6) is 0 Å². The van der Waals surface area contributed by atoms with E-state index < -0.39 is 5.60 Å². The van der Waals surface area contributed by atoms with Crippen LogP contribution >= 0.6 is 0 Å². The van der Waals surface area contributed by atoms with E-state index in [-0.39, 0.29) is 5.41 Å². The van der Waals surface area contributed by atoms with Crippen molar-refractivity contribution in [2.24, 2.45) is 17.3 Å². The second-order valence-corrected chi connectivity index (χ2v) is 7.88. The van der Waals surface area contributed by atoms with Gasteiger partial charge in [0.1, 0.15) is 0 Å². The molecule has 1 N–H and O–H groups in total. The summed E-state index contributed by atoms with van der Waals surface area (Å²) in [5.41, 5.74) is 2.92. The van der Waals surface area contributed by atoms with Gasteiger partial charge in [-0.05, 0) is 79.7 Å². The van der Waals surface area contributed by atoms with E-state index in [4.69, 9.17) is 0 Å². The molecule has 0 spiro atoms. The molecule has 0 amide bonds. The van der Waals surface area contributed by atoms with Crippen molar-refractivity contribution in [2.45, 2.75) is 63.9 Å². The standard InChI is InChI=1S/C19H26O/c1-18-11-9-15-14-6-4-3-5-13(14)7-8-16(15)17(18)10-12-19(18,2)20/h3-6,15-17,20H,7-12H2,1-2H3/t15-,16-,17+,18+,19+/m1/s1. The van der Waals surface area contributed by atoms with Crippen LogP contribution in [-0.2, 0) is 6.42 Å². The summed E-state index contributed by atoms with van der Waals surface area (Å²) in [7, 11) is 0. The molecule has 2 fully saturated rings. The third-order valence-corrected chi connectivity index (χ3v) is 7.20. The molecule has 5 atom stereocenters. The van der Waals surface area contributed by atoms with Gasteiger partial charge in [-0.25, -0.2) is 0 Å². The number of aryl methyl sites for hydroxylation is 1. The van der Waals surface area contributed by atoms with Crippen LogP contribution in [0, 0.1) is 17.3 Å². The molecule has 1 heteroatoms. The number of aliphatic hydroxyl groups is 1. The van der Waals surface area contributed by atoms with E-state index in [9.17, 15) is 5.11 Å². The molecule has 0 saturated heterocycles. The Morgan fingerprint density at radius 3 is 2.70 bits per heavy atom. The Balaban J connectivity index is 1.73. The predicted molar refractivity (Wildman–Crippen MR) is 81.7 cm³/mol. The minimum Gasteiger partial charge on any atom is -0.390 e. The molecule has 3 aliphatic rings. The maximum atomic E-state index is 10.8. The highest BCUT2D eigenvalue weighted by atomic mass is 16.3. The highest BCUT2D eigenvalue weighted by molar-refractivity contribution is 5.35. The van der Waals surface area contributed by atoms with E-state index in [1.807, 2.05) is 0 Å². The van der Waals surface area contributed by atoms with Gasteiger partial charge in [0, 0.05) is 0 Å². The number of hydrogen-bond donors (Lipinski definition) is 1. The summed E-state index contributed by atoms with van der Waals surface area (Å²) in [6.45, 7) is 4.45. The molecule has 1 aromatic rings. The van der Waals surface area contributed by atoms with Gasteiger partial charge in [0.25, 0.3) is 0 Å². The van der Waals surface area contributed by atoms with Gasteiger partial charge in [-0.3, -0.25) is 0 Å². The Hall–Kier alpha value is -0.820. The molecule has 0 bridgehead atoms. The van der Waals surface area contributed by atoms with Crippen LogP contribution in [0.2, 0.25) is 0 Å². The summed E-state index contributed by atoms with van der Waals surface area (Å²) in [6.07, 6.45) is 7.26. The zero-order chi connectivity index (χ0) is 14.0. The third-order valence-electron chi connectivity index (χ3n) is 7.20. The average molecular weight is 270 g/mol. The lowest BCUT2D eigenvalue weighted by Gasteiger charge is -2.52. The number of fused-ring (bicyclic) bond motifs is 5. The molecule has 3 aliphatic carbocycles. The highest BCUT2D eigenvalue weighted by Gasteiger charge is 2.59. The summed E-state index contributed by atoms with van der Waals surface area (Å²) >= 11 is 0. The first-order valence-corrected chi connectivity index (χ1v) is 8.33. The number of hydrogen-bond acceptors (Lipinski definition) is 1. The Labute approximate surface area is 122 Å². The van der Waals surface area contributed by atoms with Crippen molar-refractivity contribution in [1.82, 2.24) is 0 Å². The lowest BCUT2D eigenvalue weighted by atomic mass is 9.53. The molecule has 4 rings (SSSR count). The van der Waals surface area contributed by atoms with Crippen LogP contribution in [0.25, 0.3) is 0 Å². The molecule has 2 saturated carbocycles. The van der Waals surface area contributed by atoms with Gasteiger partial charge in [-0.15, -0.1) is 0 Å². The molecule has 1 aromatic carbocycles. The maximum absolute atomic E-state index is 10.8. The Bertz CT molecular complexity index is 532. The van der Waals surface area contributed by atoms with Crippen LogP contribution in [0.1, 0.15) is 63.0 Å². The smallest absolute Gasteiger partial charge is 0.0675 e. The molecule has 0 radical (unpaired) electrons. The largest absolute Gasteiger partial charge is 0.390 e. The van der Waals surface area contributed by atoms with Gasteiger partial charge in [0.2, 0.25) is 0 Å². The molecule has 1 nitrogen and oxygen atoms in total. The monoisotopic (exact) mass is 270 g/mol. The first-order valence-electron chi connectivity index (χ1n) is 8.33. The van der Waals surface area contributed by atoms with E-state index in [2.05, 4.69) is 38.1 Å². The van der Waals surface area contributed by atoms with E-state index >= 15 is 0 Å².